The van der Waals surface area contributed by atoms with Crippen molar-refractivity contribution < 1.29 is 4.79 Å². The van der Waals surface area contributed by atoms with Gasteiger partial charge < -0.3 is 4.57 Å². The highest BCUT2D eigenvalue weighted by atomic mass is 32.2. The van der Waals surface area contributed by atoms with E-state index in [2.05, 4.69) is 9.97 Å². The maximum Gasteiger partial charge on any atom is 0.189 e. The second-order valence-corrected chi connectivity index (χ2v) is 4.64. The zero-order valence-electron chi connectivity index (χ0n) is 9.75. The summed E-state index contributed by atoms with van der Waals surface area (Å²) in [5, 5.41) is 0.646. The molecule has 0 aliphatic heterocycles. The van der Waals surface area contributed by atoms with Crippen LogP contribution in [0.25, 0.3) is 0 Å². The fourth-order valence-corrected chi connectivity index (χ4v) is 2.20. The minimum atomic E-state index is 0.0904. The van der Waals surface area contributed by atoms with Crippen molar-refractivity contribution in [2.75, 3.05) is 5.75 Å². The highest BCUT2D eigenvalue weighted by molar-refractivity contribution is 7.99. The zero-order valence-corrected chi connectivity index (χ0v) is 10.6. The first kappa shape index (κ1) is 11.9. The maximum atomic E-state index is 11.9. The number of carbonyl (C=O) groups excluding carboxylic acids is 1. The third-order valence-electron chi connectivity index (χ3n) is 2.33. The van der Waals surface area contributed by atoms with Gasteiger partial charge in [-0.05, 0) is 25.1 Å². The van der Waals surface area contributed by atoms with E-state index in [9.17, 15) is 4.79 Å². The van der Waals surface area contributed by atoms with Crippen LogP contribution < -0.4 is 0 Å². The summed E-state index contributed by atoms with van der Waals surface area (Å²) in [5.74, 6) is 0.453. The van der Waals surface area contributed by atoms with Crippen molar-refractivity contribution in [3.05, 3.63) is 42.0 Å². The molecule has 0 radical (unpaired) electrons. The van der Waals surface area contributed by atoms with E-state index in [0.29, 0.717) is 16.6 Å². The van der Waals surface area contributed by atoms with E-state index in [1.54, 1.807) is 6.20 Å². The number of aryl methyl sites for hydroxylation is 2. The molecule has 0 atom stereocenters. The fourth-order valence-electron chi connectivity index (χ4n) is 1.45. The summed E-state index contributed by atoms with van der Waals surface area (Å²) in [6.45, 7) is 1.91. The van der Waals surface area contributed by atoms with Gasteiger partial charge in [-0.1, -0.05) is 11.8 Å². The second kappa shape index (κ2) is 5.14. The van der Waals surface area contributed by atoms with Gasteiger partial charge in [0.05, 0.1) is 11.4 Å². The molecule has 2 heterocycles. The van der Waals surface area contributed by atoms with Gasteiger partial charge in [-0.15, -0.1) is 0 Å². The lowest BCUT2D eigenvalue weighted by molar-refractivity contribution is 0.101. The van der Waals surface area contributed by atoms with Crippen LogP contribution in [0.2, 0.25) is 0 Å². The molecule has 0 unspecified atom stereocenters. The van der Waals surface area contributed by atoms with Crippen molar-refractivity contribution in [2.24, 2.45) is 7.05 Å². The molecule has 88 valence electrons. The van der Waals surface area contributed by atoms with E-state index in [0.717, 1.165) is 5.69 Å². The number of carbonyl (C=O) groups is 1. The van der Waals surface area contributed by atoms with Crippen LogP contribution in [0.4, 0.5) is 0 Å². The molecule has 0 aliphatic rings. The molecule has 0 saturated heterocycles. The quantitative estimate of drug-likeness (QED) is 0.471. The third kappa shape index (κ3) is 2.94. The number of hydrogen-bond donors (Lipinski definition) is 0. The Morgan fingerprint density at radius 3 is 2.94 bits per heavy atom. The van der Waals surface area contributed by atoms with Crippen LogP contribution in [0.3, 0.4) is 0 Å². The lowest BCUT2D eigenvalue weighted by Gasteiger charge is -2.02. The Hall–Kier alpha value is -1.62. The highest BCUT2D eigenvalue weighted by Gasteiger charge is 2.10. The number of rotatable bonds is 4. The van der Waals surface area contributed by atoms with Crippen molar-refractivity contribution in [1.29, 1.82) is 0 Å². The first-order valence-electron chi connectivity index (χ1n) is 5.24. The van der Waals surface area contributed by atoms with Crippen molar-refractivity contribution >= 4 is 17.5 Å². The monoisotopic (exact) mass is 247 g/mol. The molecule has 5 heteroatoms. The number of thioether (sulfide) groups is 1. The van der Waals surface area contributed by atoms with Gasteiger partial charge in [-0.3, -0.25) is 4.79 Å². The molecule has 17 heavy (non-hydrogen) atoms. The Kier molecular flexibility index (Phi) is 3.58. The molecule has 0 bridgehead atoms. The largest absolute Gasteiger partial charge is 0.348 e. The molecule has 2 rings (SSSR count). The van der Waals surface area contributed by atoms with Gasteiger partial charge in [0.1, 0.15) is 0 Å². The number of Topliss-reactive ketones (excluding diaryl/α,β-unsaturated/α-hetero) is 1. The van der Waals surface area contributed by atoms with E-state index < -0.39 is 0 Å². The summed E-state index contributed by atoms with van der Waals surface area (Å²) in [5.41, 5.74) is 1.62. The minimum absolute atomic E-state index is 0.0904. The van der Waals surface area contributed by atoms with E-state index in [1.807, 2.05) is 42.9 Å². The standard InChI is InChI=1S/C12H13N3OS/c1-9-5-6-13-12(14-9)17-8-11(16)10-4-3-7-15(10)2/h3-7H,8H2,1-2H3. The summed E-state index contributed by atoms with van der Waals surface area (Å²) in [6.07, 6.45) is 3.57. The van der Waals surface area contributed by atoms with Gasteiger partial charge in [0.25, 0.3) is 0 Å². The molecule has 0 saturated carbocycles. The van der Waals surface area contributed by atoms with Gasteiger partial charge in [0.15, 0.2) is 10.9 Å². The molecule has 0 fully saturated rings. The molecule has 0 N–H and O–H groups in total. The number of aromatic nitrogens is 3. The van der Waals surface area contributed by atoms with E-state index in [4.69, 9.17) is 0 Å². The molecule has 0 spiro atoms. The average molecular weight is 247 g/mol. The smallest absolute Gasteiger partial charge is 0.189 e. The van der Waals surface area contributed by atoms with Crippen LogP contribution in [0.5, 0.6) is 0 Å². The molecule has 0 aliphatic carbocycles. The fraction of sp³-hybridized carbons (Fsp3) is 0.250. The average Bonchev–Trinajstić information content (AvgIpc) is 2.72. The van der Waals surface area contributed by atoms with Gasteiger partial charge in [0, 0.05) is 25.1 Å². The molecule has 2 aromatic heterocycles. The Balaban J connectivity index is 1.99. The highest BCUT2D eigenvalue weighted by Crippen LogP contribution is 2.14. The Morgan fingerprint density at radius 2 is 2.29 bits per heavy atom. The van der Waals surface area contributed by atoms with Crippen molar-refractivity contribution in [1.82, 2.24) is 14.5 Å². The summed E-state index contributed by atoms with van der Waals surface area (Å²) in [6, 6.07) is 5.52. The Labute approximate surface area is 104 Å². The van der Waals surface area contributed by atoms with Crippen molar-refractivity contribution in [3.63, 3.8) is 0 Å². The normalized spacial score (nSPS) is 10.5. The molecule has 0 amide bonds. The molecular formula is C12H13N3OS. The predicted octanol–water partition coefficient (Wildman–Crippen LogP) is 2.10. The second-order valence-electron chi connectivity index (χ2n) is 3.70. The Bertz CT molecular complexity index is 536. The van der Waals surface area contributed by atoms with Gasteiger partial charge in [-0.25, -0.2) is 9.97 Å². The summed E-state index contributed by atoms with van der Waals surface area (Å²) in [4.78, 5) is 20.2. The van der Waals surface area contributed by atoms with E-state index in [1.165, 1.54) is 11.8 Å². The number of hydrogen-bond acceptors (Lipinski definition) is 4. The van der Waals surface area contributed by atoms with Gasteiger partial charge >= 0.3 is 0 Å². The van der Waals surface area contributed by atoms with E-state index in [-0.39, 0.29) is 5.78 Å². The Morgan fingerprint density at radius 1 is 1.47 bits per heavy atom. The van der Waals surface area contributed by atoms with Crippen molar-refractivity contribution in [3.8, 4) is 0 Å². The van der Waals surface area contributed by atoms with Crippen LogP contribution >= 0.6 is 11.8 Å². The molecule has 4 nitrogen and oxygen atoms in total. The van der Waals surface area contributed by atoms with E-state index >= 15 is 0 Å². The third-order valence-corrected chi connectivity index (χ3v) is 3.20. The summed E-state index contributed by atoms with van der Waals surface area (Å²) < 4.78 is 1.82. The zero-order chi connectivity index (χ0) is 12.3. The number of nitrogens with zero attached hydrogens (tertiary/aromatic N) is 3. The molecular weight excluding hydrogens is 234 g/mol. The molecule has 0 aromatic carbocycles. The summed E-state index contributed by atoms with van der Waals surface area (Å²) in [7, 11) is 1.86. The lowest BCUT2D eigenvalue weighted by atomic mass is 10.3. The van der Waals surface area contributed by atoms with Crippen LogP contribution in [0.15, 0.2) is 35.7 Å². The van der Waals surface area contributed by atoms with Gasteiger partial charge in [-0.2, -0.15) is 0 Å². The predicted molar refractivity (Wildman–Crippen MR) is 67.2 cm³/mol. The minimum Gasteiger partial charge on any atom is -0.348 e. The van der Waals surface area contributed by atoms with Crippen LogP contribution in [-0.2, 0) is 7.05 Å². The maximum absolute atomic E-state index is 11.9. The van der Waals surface area contributed by atoms with Crippen LogP contribution in [-0.4, -0.2) is 26.1 Å². The van der Waals surface area contributed by atoms with Crippen LogP contribution in [0, 0.1) is 6.92 Å². The van der Waals surface area contributed by atoms with Crippen molar-refractivity contribution in [2.45, 2.75) is 12.1 Å². The summed E-state index contributed by atoms with van der Waals surface area (Å²) >= 11 is 1.36. The first-order chi connectivity index (χ1) is 8.16. The molecule has 2 aromatic rings. The topological polar surface area (TPSA) is 47.8 Å². The van der Waals surface area contributed by atoms with Crippen LogP contribution in [0.1, 0.15) is 16.2 Å². The first-order valence-corrected chi connectivity index (χ1v) is 6.22. The lowest BCUT2D eigenvalue weighted by Crippen LogP contribution is -2.08. The van der Waals surface area contributed by atoms with Gasteiger partial charge in [0.2, 0.25) is 0 Å². The SMILES string of the molecule is Cc1ccnc(SCC(=O)c2cccn2C)n1. The number of ketones is 1.